The van der Waals surface area contributed by atoms with Crippen molar-refractivity contribution in [1.29, 1.82) is 0 Å². The van der Waals surface area contributed by atoms with E-state index in [1.807, 2.05) is 13.0 Å². The molecule has 1 atom stereocenters. The van der Waals surface area contributed by atoms with Crippen LogP contribution in [0.4, 0.5) is 0 Å². The van der Waals surface area contributed by atoms with E-state index in [0.29, 0.717) is 0 Å². The number of carbonyl (C=O) groups is 1. The third kappa shape index (κ3) is 2.35. The number of methoxy groups -OCH3 is 1. The Morgan fingerprint density at radius 3 is 2.60 bits per heavy atom. The van der Waals surface area contributed by atoms with Gasteiger partial charge in [0.25, 0.3) is 0 Å². The summed E-state index contributed by atoms with van der Waals surface area (Å²) in [6.45, 7) is 10.3. The summed E-state index contributed by atoms with van der Waals surface area (Å²) in [6, 6.07) is 4.69. The summed E-state index contributed by atoms with van der Waals surface area (Å²) in [5.41, 5.74) is 1.67. The van der Waals surface area contributed by atoms with Crippen molar-refractivity contribution in [3.8, 4) is 5.75 Å². The van der Waals surface area contributed by atoms with Gasteiger partial charge >= 0.3 is 6.04 Å². The third-order valence-corrected chi connectivity index (χ3v) is 2.29. The van der Waals surface area contributed by atoms with Gasteiger partial charge in [-0.25, -0.2) is 6.57 Å². The van der Waals surface area contributed by atoms with Gasteiger partial charge in [0.15, 0.2) is 0 Å². The number of benzene rings is 1. The SMILES string of the molecule is [C-]#[N+]C(C(C)=O)c1ccc(OC)cc1C. The summed E-state index contributed by atoms with van der Waals surface area (Å²) in [6.07, 6.45) is 0. The molecule has 0 aliphatic rings. The zero-order valence-corrected chi connectivity index (χ0v) is 9.07. The molecular weight excluding hydrogens is 190 g/mol. The van der Waals surface area contributed by atoms with Crippen LogP contribution < -0.4 is 4.74 Å². The minimum atomic E-state index is -0.684. The number of aryl methyl sites for hydroxylation is 1. The Bertz CT molecular complexity index is 418. The number of hydrogen-bond donors (Lipinski definition) is 0. The van der Waals surface area contributed by atoms with Gasteiger partial charge < -0.3 is 4.74 Å². The molecule has 0 saturated heterocycles. The molecule has 0 heterocycles. The lowest BCUT2D eigenvalue weighted by Crippen LogP contribution is -2.06. The summed E-state index contributed by atoms with van der Waals surface area (Å²) < 4.78 is 5.06. The van der Waals surface area contributed by atoms with Gasteiger partial charge in [0.2, 0.25) is 5.78 Å². The zero-order chi connectivity index (χ0) is 11.4. The fraction of sp³-hybridized carbons (Fsp3) is 0.333. The van der Waals surface area contributed by atoms with E-state index in [1.54, 1.807) is 19.2 Å². The molecule has 0 saturated carbocycles. The lowest BCUT2D eigenvalue weighted by Gasteiger charge is -2.07. The highest BCUT2D eigenvalue weighted by Crippen LogP contribution is 2.25. The molecule has 0 spiro atoms. The molecule has 0 radical (unpaired) electrons. The van der Waals surface area contributed by atoms with E-state index in [2.05, 4.69) is 4.85 Å². The molecule has 0 amide bonds. The maximum Gasteiger partial charge on any atom is 0.305 e. The van der Waals surface area contributed by atoms with Gasteiger partial charge in [-0.15, -0.1) is 0 Å². The number of rotatable bonds is 3. The monoisotopic (exact) mass is 203 g/mol. The molecule has 3 heteroatoms. The van der Waals surface area contributed by atoms with Crippen LogP contribution in [0.15, 0.2) is 18.2 Å². The van der Waals surface area contributed by atoms with E-state index in [9.17, 15) is 4.79 Å². The minimum Gasteiger partial charge on any atom is -0.497 e. The molecule has 0 N–H and O–H groups in total. The second-order valence-corrected chi connectivity index (χ2v) is 3.36. The predicted octanol–water partition coefficient (Wildman–Crippen LogP) is 2.55. The van der Waals surface area contributed by atoms with Crippen molar-refractivity contribution in [2.24, 2.45) is 0 Å². The van der Waals surface area contributed by atoms with Crippen LogP contribution in [0.1, 0.15) is 24.1 Å². The highest BCUT2D eigenvalue weighted by Gasteiger charge is 2.23. The van der Waals surface area contributed by atoms with E-state index in [0.717, 1.165) is 16.9 Å². The van der Waals surface area contributed by atoms with Gasteiger partial charge in [-0.3, -0.25) is 9.64 Å². The summed E-state index contributed by atoms with van der Waals surface area (Å²) in [7, 11) is 1.59. The Hall–Kier alpha value is -1.82. The van der Waals surface area contributed by atoms with Crippen LogP contribution >= 0.6 is 0 Å². The van der Waals surface area contributed by atoms with Crippen molar-refractivity contribution < 1.29 is 9.53 Å². The predicted molar refractivity (Wildman–Crippen MR) is 57.8 cm³/mol. The second kappa shape index (κ2) is 4.61. The number of Topliss-reactive ketones (excluding diaryl/α,β-unsaturated/α-hetero) is 1. The van der Waals surface area contributed by atoms with E-state index in [1.165, 1.54) is 6.92 Å². The topological polar surface area (TPSA) is 30.7 Å². The normalized spacial score (nSPS) is 11.6. The summed E-state index contributed by atoms with van der Waals surface area (Å²) in [5.74, 6) is 0.613. The number of nitrogens with zero attached hydrogens (tertiary/aromatic N) is 1. The van der Waals surface area contributed by atoms with Crippen molar-refractivity contribution in [2.45, 2.75) is 19.9 Å². The molecule has 1 aromatic carbocycles. The van der Waals surface area contributed by atoms with E-state index in [-0.39, 0.29) is 5.78 Å². The van der Waals surface area contributed by atoms with Gasteiger partial charge in [-0.1, -0.05) is 0 Å². The van der Waals surface area contributed by atoms with E-state index < -0.39 is 6.04 Å². The molecule has 78 valence electrons. The standard InChI is InChI=1S/C12H13NO2/c1-8-7-10(15-4)5-6-11(8)12(13-3)9(2)14/h5-7,12H,1-2,4H3. The molecule has 0 bridgehead atoms. The molecule has 1 unspecified atom stereocenters. The molecule has 0 aliphatic heterocycles. The van der Waals surface area contributed by atoms with Gasteiger partial charge in [-0.05, 0) is 30.7 Å². The number of ketones is 1. The van der Waals surface area contributed by atoms with Crippen LogP contribution in [-0.2, 0) is 4.79 Å². The molecule has 15 heavy (non-hydrogen) atoms. The number of ether oxygens (including phenoxy) is 1. The number of carbonyl (C=O) groups excluding carboxylic acids is 1. The maximum atomic E-state index is 11.2. The molecule has 1 aromatic rings. The lowest BCUT2D eigenvalue weighted by atomic mass is 9.99. The first-order valence-electron chi connectivity index (χ1n) is 4.61. The molecule has 1 rings (SSSR count). The number of hydrogen-bond acceptors (Lipinski definition) is 2. The third-order valence-electron chi connectivity index (χ3n) is 2.29. The summed E-state index contributed by atoms with van der Waals surface area (Å²) in [4.78, 5) is 14.6. The summed E-state index contributed by atoms with van der Waals surface area (Å²) >= 11 is 0. The second-order valence-electron chi connectivity index (χ2n) is 3.36. The maximum absolute atomic E-state index is 11.2. The molecule has 0 fully saturated rings. The average Bonchev–Trinajstić information content (AvgIpc) is 2.20. The molecule has 0 aromatic heterocycles. The summed E-state index contributed by atoms with van der Waals surface area (Å²) in [5, 5.41) is 0. The quantitative estimate of drug-likeness (QED) is 0.707. The molecular formula is C12H13NO2. The molecule has 3 nitrogen and oxygen atoms in total. The van der Waals surface area contributed by atoms with Crippen molar-refractivity contribution in [3.63, 3.8) is 0 Å². The Kier molecular flexibility index (Phi) is 3.46. The first-order chi connectivity index (χ1) is 7.10. The van der Waals surface area contributed by atoms with Crippen LogP contribution in [0.25, 0.3) is 4.85 Å². The lowest BCUT2D eigenvalue weighted by molar-refractivity contribution is -0.117. The highest BCUT2D eigenvalue weighted by molar-refractivity contribution is 5.85. The fourth-order valence-electron chi connectivity index (χ4n) is 1.46. The minimum absolute atomic E-state index is 0.127. The van der Waals surface area contributed by atoms with Crippen molar-refractivity contribution in [2.75, 3.05) is 7.11 Å². The highest BCUT2D eigenvalue weighted by atomic mass is 16.5. The Labute approximate surface area is 89.5 Å². The Morgan fingerprint density at radius 2 is 2.20 bits per heavy atom. The van der Waals surface area contributed by atoms with Crippen LogP contribution in [-0.4, -0.2) is 12.9 Å². The Balaban J connectivity index is 3.16. The Morgan fingerprint density at radius 1 is 1.53 bits per heavy atom. The van der Waals surface area contributed by atoms with Gasteiger partial charge in [0, 0.05) is 12.5 Å². The van der Waals surface area contributed by atoms with Crippen molar-refractivity contribution in [1.82, 2.24) is 0 Å². The largest absolute Gasteiger partial charge is 0.497 e. The van der Waals surface area contributed by atoms with Crippen molar-refractivity contribution >= 4 is 5.78 Å². The van der Waals surface area contributed by atoms with Crippen LogP contribution in [0, 0.1) is 13.5 Å². The zero-order valence-electron chi connectivity index (χ0n) is 9.07. The van der Waals surface area contributed by atoms with Crippen LogP contribution in [0.5, 0.6) is 5.75 Å². The van der Waals surface area contributed by atoms with Gasteiger partial charge in [-0.2, -0.15) is 0 Å². The molecule has 0 aliphatic carbocycles. The van der Waals surface area contributed by atoms with Crippen molar-refractivity contribution in [3.05, 3.63) is 40.7 Å². The fourth-order valence-corrected chi connectivity index (χ4v) is 1.46. The van der Waals surface area contributed by atoms with Crippen LogP contribution in [0.2, 0.25) is 0 Å². The van der Waals surface area contributed by atoms with E-state index >= 15 is 0 Å². The first-order valence-corrected chi connectivity index (χ1v) is 4.61. The van der Waals surface area contributed by atoms with Gasteiger partial charge in [0.1, 0.15) is 5.75 Å². The smallest absolute Gasteiger partial charge is 0.305 e. The van der Waals surface area contributed by atoms with E-state index in [4.69, 9.17) is 11.3 Å². The van der Waals surface area contributed by atoms with Gasteiger partial charge in [0.05, 0.1) is 7.11 Å². The van der Waals surface area contributed by atoms with Crippen LogP contribution in [0.3, 0.4) is 0 Å². The first kappa shape index (κ1) is 11.3. The average molecular weight is 203 g/mol.